The van der Waals surface area contributed by atoms with Gasteiger partial charge in [0.1, 0.15) is 0 Å². The maximum Gasteiger partial charge on any atom is 0.254 e. The topological polar surface area (TPSA) is 86.3 Å². The normalized spacial score (nSPS) is 17.3. The maximum absolute atomic E-state index is 14.0. The van der Waals surface area contributed by atoms with Gasteiger partial charge in [-0.25, -0.2) is 0 Å². The summed E-state index contributed by atoms with van der Waals surface area (Å²) < 4.78 is 22.6. The second-order valence-corrected chi connectivity index (χ2v) is 9.85. The molecule has 40 heavy (non-hydrogen) atoms. The first kappa shape index (κ1) is 27.4. The Kier molecular flexibility index (Phi) is 8.14. The largest absolute Gasteiger partial charge is 0.493 e. The molecule has 3 aromatic carbocycles. The van der Waals surface area contributed by atoms with Crippen molar-refractivity contribution in [3.05, 3.63) is 82.4 Å². The van der Waals surface area contributed by atoms with Gasteiger partial charge in [0, 0.05) is 18.7 Å². The second-order valence-electron chi connectivity index (χ2n) is 9.85. The molecule has 2 heterocycles. The molecule has 2 amide bonds. The van der Waals surface area contributed by atoms with Crippen molar-refractivity contribution in [1.29, 1.82) is 0 Å². The number of amides is 2. The molecule has 0 bridgehead atoms. The van der Waals surface area contributed by atoms with Gasteiger partial charge in [0.15, 0.2) is 23.0 Å². The number of hydrogen-bond donors (Lipinski definition) is 1. The minimum atomic E-state index is -0.564. The van der Waals surface area contributed by atoms with Crippen LogP contribution >= 0.6 is 0 Å². The van der Waals surface area contributed by atoms with Crippen molar-refractivity contribution in [2.45, 2.75) is 38.6 Å². The van der Waals surface area contributed by atoms with Gasteiger partial charge in [-0.05, 0) is 79.3 Å². The number of methoxy groups -OCH3 is 2. The van der Waals surface area contributed by atoms with Crippen LogP contribution < -0.4 is 24.3 Å². The molecule has 0 fully saturated rings. The fourth-order valence-electron chi connectivity index (χ4n) is 5.83. The van der Waals surface area contributed by atoms with Crippen LogP contribution in [-0.4, -0.2) is 57.2 Å². The molecule has 0 saturated heterocycles. The summed E-state index contributed by atoms with van der Waals surface area (Å²) in [5, 5.41) is 3.16. The van der Waals surface area contributed by atoms with Crippen molar-refractivity contribution in [2.75, 3.05) is 40.5 Å². The van der Waals surface area contributed by atoms with E-state index in [-0.39, 0.29) is 11.8 Å². The Morgan fingerprint density at radius 1 is 0.900 bits per heavy atom. The van der Waals surface area contributed by atoms with Crippen molar-refractivity contribution in [3.63, 3.8) is 0 Å². The standard InChI is InChI=1S/C32H36N2O6/c1-5-39-25-12-11-20(17-28(25)40-6-2)13-15-33-31(35)29-22-9-7-8-10-23(22)32(36)34-16-14-21-18-26(37-3)27(38-4)19-24(21)30(29)34/h7-12,17-19,29-30H,5-6,13-16H2,1-4H3,(H,33,35). The molecule has 8 heteroatoms. The lowest BCUT2D eigenvalue weighted by atomic mass is 9.75. The summed E-state index contributed by atoms with van der Waals surface area (Å²) >= 11 is 0. The van der Waals surface area contributed by atoms with Crippen molar-refractivity contribution in [2.24, 2.45) is 0 Å². The average Bonchev–Trinajstić information content (AvgIpc) is 2.98. The lowest BCUT2D eigenvalue weighted by Crippen LogP contribution is -2.50. The highest BCUT2D eigenvalue weighted by molar-refractivity contribution is 6.01. The van der Waals surface area contributed by atoms with Crippen LogP contribution in [0.1, 0.15) is 58.4 Å². The molecule has 210 valence electrons. The predicted molar refractivity (Wildman–Crippen MR) is 152 cm³/mol. The monoisotopic (exact) mass is 544 g/mol. The number of rotatable bonds is 10. The number of hydrogen-bond acceptors (Lipinski definition) is 6. The number of nitrogens with zero attached hydrogens (tertiary/aromatic N) is 1. The van der Waals surface area contributed by atoms with Gasteiger partial charge in [0.05, 0.1) is 39.4 Å². The van der Waals surface area contributed by atoms with Gasteiger partial charge < -0.3 is 29.2 Å². The molecule has 2 aliphatic rings. The van der Waals surface area contributed by atoms with Crippen molar-refractivity contribution < 1.29 is 28.5 Å². The number of nitrogens with one attached hydrogen (secondary N) is 1. The first-order valence-corrected chi connectivity index (χ1v) is 13.8. The molecule has 1 N–H and O–H groups in total. The third-order valence-corrected chi connectivity index (χ3v) is 7.63. The molecule has 0 aliphatic carbocycles. The summed E-state index contributed by atoms with van der Waals surface area (Å²) in [6.07, 6.45) is 1.30. The van der Waals surface area contributed by atoms with Gasteiger partial charge in [-0.15, -0.1) is 0 Å². The smallest absolute Gasteiger partial charge is 0.254 e. The molecule has 2 atom stereocenters. The number of carbonyl (C=O) groups excluding carboxylic acids is 2. The minimum absolute atomic E-state index is 0.0528. The van der Waals surface area contributed by atoms with E-state index in [0.29, 0.717) is 67.7 Å². The van der Waals surface area contributed by atoms with E-state index in [4.69, 9.17) is 18.9 Å². The predicted octanol–water partition coefficient (Wildman–Crippen LogP) is 4.70. The zero-order valence-electron chi connectivity index (χ0n) is 23.5. The van der Waals surface area contributed by atoms with E-state index < -0.39 is 12.0 Å². The van der Waals surface area contributed by atoms with Gasteiger partial charge in [-0.3, -0.25) is 9.59 Å². The lowest BCUT2D eigenvalue weighted by molar-refractivity contribution is -0.124. The van der Waals surface area contributed by atoms with Gasteiger partial charge in [0.25, 0.3) is 5.91 Å². The summed E-state index contributed by atoms with van der Waals surface area (Å²) in [5.74, 6) is 1.89. The van der Waals surface area contributed by atoms with E-state index in [0.717, 1.165) is 22.3 Å². The van der Waals surface area contributed by atoms with E-state index >= 15 is 0 Å². The molecule has 2 unspecified atom stereocenters. The number of fused-ring (bicyclic) bond motifs is 4. The number of ether oxygens (including phenoxy) is 4. The Morgan fingerprint density at radius 2 is 1.62 bits per heavy atom. The highest BCUT2D eigenvalue weighted by Crippen LogP contribution is 2.48. The Bertz CT molecular complexity index is 1400. The lowest BCUT2D eigenvalue weighted by Gasteiger charge is -2.45. The summed E-state index contributed by atoms with van der Waals surface area (Å²) in [6, 6.07) is 16.7. The highest BCUT2D eigenvalue weighted by Gasteiger charge is 2.46. The molecular formula is C32H36N2O6. The van der Waals surface area contributed by atoms with Gasteiger partial charge in [0.2, 0.25) is 5.91 Å². The molecule has 0 radical (unpaired) electrons. The van der Waals surface area contributed by atoms with Gasteiger partial charge in [-0.2, -0.15) is 0 Å². The fourth-order valence-corrected chi connectivity index (χ4v) is 5.83. The fraction of sp³-hybridized carbons (Fsp3) is 0.375. The van der Waals surface area contributed by atoms with Crippen LogP contribution in [0.25, 0.3) is 0 Å². The molecule has 8 nitrogen and oxygen atoms in total. The van der Waals surface area contributed by atoms with E-state index in [1.807, 2.05) is 73.3 Å². The van der Waals surface area contributed by atoms with E-state index in [1.165, 1.54) is 0 Å². The van der Waals surface area contributed by atoms with Crippen LogP contribution in [0.4, 0.5) is 0 Å². The van der Waals surface area contributed by atoms with Crippen LogP contribution in [0, 0.1) is 0 Å². The Balaban J connectivity index is 1.43. The summed E-state index contributed by atoms with van der Waals surface area (Å²) in [6.45, 7) is 5.94. The van der Waals surface area contributed by atoms with Crippen molar-refractivity contribution in [1.82, 2.24) is 10.2 Å². The van der Waals surface area contributed by atoms with Gasteiger partial charge in [-0.1, -0.05) is 24.3 Å². The molecule has 0 spiro atoms. The van der Waals surface area contributed by atoms with Crippen LogP contribution in [-0.2, 0) is 17.6 Å². The summed E-state index contributed by atoms with van der Waals surface area (Å²) in [5.41, 5.74) is 4.33. The molecule has 5 rings (SSSR count). The van der Waals surface area contributed by atoms with Crippen molar-refractivity contribution in [3.8, 4) is 23.0 Å². The molecule has 3 aromatic rings. The van der Waals surface area contributed by atoms with Crippen molar-refractivity contribution >= 4 is 11.8 Å². The van der Waals surface area contributed by atoms with Gasteiger partial charge >= 0.3 is 0 Å². The van der Waals surface area contributed by atoms with Crippen LogP contribution in [0.2, 0.25) is 0 Å². The zero-order chi connectivity index (χ0) is 28.2. The number of carbonyl (C=O) groups is 2. The SMILES string of the molecule is CCOc1ccc(CCNC(=O)C2c3ccccc3C(=O)N3CCc4cc(OC)c(OC)cc4C23)cc1OCC. The quantitative estimate of drug-likeness (QED) is 0.398. The third-order valence-electron chi connectivity index (χ3n) is 7.63. The maximum atomic E-state index is 14.0. The molecule has 2 aliphatic heterocycles. The zero-order valence-corrected chi connectivity index (χ0v) is 23.5. The summed E-state index contributed by atoms with van der Waals surface area (Å²) in [4.78, 5) is 29.4. The average molecular weight is 545 g/mol. The van der Waals surface area contributed by atoms with E-state index in [9.17, 15) is 9.59 Å². The Morgan fingerprint density at radius 3 is 2.38 bits per heavy atom. The first-order chi connectivity index (χ1) is 19.5. The Labute approximate surface area is 235 Å². The second kappa shape index (κ2) is 11.9. The van der Waals surface area contributed by atoms with E-state index in [2.05, 4.69) is 5.32 Å². The minimum Gasteiger partial charge on any atom is -0.493 e. The molecule has 0 aromatic heterocycles. The van der Waals surface area contributed by atoms with Crippen LogP contribution in [0.3, 0.4) is 0 Å². The van der Waals surface area contributed by atoms with Crippen LogP contribution in [0.5, 0.6) is 23.0 Å². The van der Waals surface area contributed by atoms with E-state index in [1.54, 1.807) is 14.2 Å². The number of benzene rings is 3. The van der Waals surface area contributed by atoms with Crippen LogP contribution in [0.15, 0.2) is 54.6 Å². The highest BCUT2D eigenvalue weighted by atomic mass is 16.5. The molecule has 0 saturated carbocycles. The summed E-state index contributed by atoms with van der Waals surface area (Å²) in [7, 11) is 3.20. The third kappa shape index (κ3) is 5.06. The first-order valence-electron chi connectivity index (χ1n) is 13.8. The Hall–Kier alpha value is -4.20. The molecular weight excluding hydrogens is 508 g/mol.